The molecule has 1 aromatic carbocycles. The SMILES string of the molecule is CC1OCCC1(O)CNC(=O)c1cc(Cl)ccc1I. The number of benzene rings is 1. The molecular formula is C13H15ClINO3. The highest BCUT2D eigenvalue weighted by Gasteiger charge is 2.39. The lowest BCUT2D eigenvalue weighted by molar-refractivity contribution is -0.0251. The van der Waals surface area contributed by atoms with Crippen LogP contribution in [0, 0.1) is 3.57 Å². The molecule has 1 aromatic rings. The van der Waals surface area contributed by atoms with Crippen molar-refractivity contribution in [2.45, 2.75) is 25.0 Å². The molecule has 2 unspecified atom stereocenters. The van der Waals surface area contributed by atoms with Crippen LogP contribution < -0.4 is 5.32 Å². The summed E-state index contributed by atoms with van der Waals surface area (Å²) in [6.45, 7) is 2.50. The van der Waals surface area contributed by atoms with Crippen LogP contribution in [0.4, 0.5) is 0 Å². The molecule has 19 heavy (non-hydrogen) atoms. The molecule has 1 aliphatic rings. The molecule has 1 amide bonds. The van der Waals surface area contributed by atoms with Gasteiger partial charge in [0.25, 0.3) is 5.91 Å². The second-order valence-electron chi connectivity index (χ2n) is 4.67. The van der Waals surface area contributed by atoms with Gasteiger partial charge in [0.2, 0.25) is 0 Å². The molecule has 104 valence electrons. The maximum atomic E-state index is 12.1. The van der Waals surface area contributed by atoms with Crippen LogP contribution in [0.15, 0.2) is 18.2 Å². The van der Waals surface area contributed by atoms with Crippen molar-refractivity contribution in [3.05, 3.63) is 32.4 Å². The largest absolute Gasteiger partial charge is 0.385 e. The number of amides is 1. The Morgan fingerprint density at radius 2 is 2.42 bits per heavy atom. The number of aliphatic hydroxyl groups is 1. The van der Waals surface area contributed by atoms with Crippen molar-refractivity contribution in [2.24, 2.45) is 0 Å². The van der Waals surface area contributed by atoms with E-state index in [4.69, 9.17) is 16.3 Å². The van der Waals surface area contributed by atoms with E-state index in [0.29, 0.717) is 23.6 Å². The third-order valence-corrected chi connectivity index (χ3v) is 4.56. The molecule has 0 radical (unpaired) electrons. The fourth-order valence-corrected chi connectivity index (χ4v) is 2.76. The quantitative estimate of drug-likeness (QED) is 0.772. The van der Waals surface area contributed by atoms with E-state index in [1.165, 1.54) is 0 Å². The predicted molar refractivity (Wildman–Crippen MR) is 81.5 cm³/mol. The molecule has 2 atom stereocenters. The van der Waals surface area contributed by atoms with E-state index >= 15 is 0 Å². The van der Waals surface area contributed by atoms with Gasteiger partial charge in [-0.2, -0.15) is 0 Å². The van der Waals surface area contributed by atoms with E-state index in [2.05, 4.69) is 27.9 Å². The molecule has 1 heterocycles. The van der Waals surface area contributed by atoms with Crippen molar-refractivity contribution in [3.8, 4) is 0 Å². The van der Waals surface area contributed by atoms with Gasteiger partial charge in [0.15, 0.2) is 0 Å². The van der Waals surface area contributed by atoms with E-state index < -0.39 is 5.60 Å². The molecule has 2 N–H and O–H groups in total. The van der Waals surface area contributed by atoms with Crippen LogP contribution in [0.3, 0.4) is 0 Å². The lowest BCUT2D eigenvalue weighted by Gasteiger charge is -2.26. The first kappa shape index (κ1) is 15.0. The fourth-order valence-electron chi connectivity index (χ4n) is 2.00. The van der Waals surface area contributed by atoms with Gasteiger partial charge in [0.05, 0.1) is 11.7 Å². The van der Waals surface area contributed by atoms with Gasteiger partial charge in [0, 0.05) is 28.2 Å². The fraction of sp³-hybridized carbons (Fsp3) is 0.462. The van der Waals surface area contributed by atoms with Crippen LogP contribution in [0.25, 0.3) is 0 Å². The molecule has 1 aliphatic heterocycles. The summed E-state index contributed by atoms with van der Waals surface area (Å²) in [6, 6.07) is 5.14. The summed E-state index contributed by atoms with van der Waals surface area (Å²) in [6.07, 6.45) is 0.257. The Labute approximate surface area is 130 Å². The molecular weight excluding hydrogens is 381 g/mol. The third kappa shape index (κ3) is 3.39. The summed E-state index contributed by atoms with van der Waals surface area (Å²) in [5.74, 6) is -0.237. The summed E-state index contributed by atoms with van der Waals surface area (Å²) in [5.41, 5.74) is -0.470. The van der Waals surface area contributed by atoms with Crippen molar-refractivity contribution in [1.82, 2.24) is 5.32 Å². The molecule has 0 spiro atoms. The Balaban J connectivity index is 2.03. The lowest BCUT2D eigenvalue weighted by Crippen LogP contribution is -2.47. The molecule has 0 aliphatic carbocycles. The Morgan fingerprint density at radius 1 is 1.68 bits per heavy atom. The minimum absolute atomic E-state index is 0.176. The van der Waals surface area contributed by atoms with Crippen LogP contribution in [0.2, 0.25) is 5.02 Å². The number of hydrogen-bond donors (Lipinski definition) is 2. The minimum atomic E-state index is -0.986. The van der Waals surface area contributed by atoms with Gasteiger partial charge >= 0.3 is 0 Å². The van der Waals surface area contributed by atoms with Crippen molar-refractivity contribution in [1.29, 1.82) is 0 Å². The zero-order valence-corrected chi connectivity index (χ0v) is 13.4. The van der Waals surface area contributed by atoms with Gasteiger partial charge in [-0.05, 0) is 47.7 Å². The van der Waals surface area contributed by atoms with Gasteiger partial charge < -0.3 is 15.2 Å². The highest BCUT2D eigenvalue weighted by molar-refractivity contribution is 14.1. The standard InChI is InChI=1S/C13H15ClINO3/c1-8-13(18,4-5-19-8)7-16-12(17)10-6-9(14)2-3-11(10)15/h2-3,6,8,18H,4-5,7H2,1H3,(H,16,17). The number of ether oxygens (including phenoxy) is 1. The van der Waals surface area contributed by atoms with E-state index in [0.717, 1.165) is 3.57 Å². The molecule has 4 nitrogen and oxygen atoms in total. The smallest absolute Gasteiger partial charge is 0.252 e. The Bertz CT molecular complexity index is 497. The Kier molecular flexibility index (Phi) is 4.70. The van der Waals surface area contributed by atoms with E-state index in [1.807, 2.05) is 6.92 Å². The molecule has 0 saturated carbocycles. The summed E-state index contributed by atoms with van der Waals surface area (Å²) < 4.78 is 6.15. The molecule has 1 fully saturated rings. The van der Waals surface area contributed by atoms with Gasteiger partial charge in [-0.3, -0.25) is 4.79 Å². The van der Waals surface area contributed by atoms with E-state index in [9.17, 15) is 9.90 Å². The summed E-state index contributed by atoms with van der Waals surface area (Å²) in [4.78, 5) is 12.1. The summed E-state index contributed by atoms with van der Waals surface area (Å²) in [7, 11) is 0. The summed E-state index contributed by atoms with van der Waals surface area (Å²) >= 11 is 7.97. The van der Waals surface area contributed by atoms with Gasteiger partial charge in [-0.1, -0.05) is 11.6 Å². The van der Waals surface area contributed by atoms with E-state index in [-0.39, 0.29) is 18.6 Å². The first-order valence-electron chi connectivity index (χ1n) is 5.99. The predicted octanol–water partition coefficient (Wildman–Crippen LogP) is 2.21. The number of rotatable bonds is 3. The van der Waals surface area contributed by atoms with Crippen LogP contribution in [0.5, 0.6) is 0 Å². The number of carbonyl (C=O) groups excluding carboxylic acids is 1. The van der Waals surface area contributed by atoms with Crippen molar-refractivity contribution >= 4 is 40.1 Å². The maximum absolute atomic E-state index is 12.1. The molecule has 0 bridgehead atoms. The summed E-state index contributed by atoms with van der Waals surface area (Å²) in [5, 5.41) is 13.6. The highest BCUT2D eigenvalue weighted by Crippen LogP contribution is 2.25. The maximum Gasteiger partial charge on any atom is 0.252 e. The number of hydrogen-bond acceptors (Lipinski definition) is 3. The molecule has 1 saturated heterocycles. The van der Waals surface area contributed by atoms with Gasteiger partial charge in [-0.15, -0.1) is 0 Å². The first-order valence-corrected chi connectivity index (χ1v) is 7.45. The van der Waals surface area contributed by atoms with Crippen molar-refractivity contribution < 1.29 is 14.6 Å². The van der Waals surface area contributed by atoms with Crippen molar-refractivity contribution in [3.63, 3.8) is 0 Å². The third-order valence-electron chi connectivity index (χ3n) is 3.39. The monoisotopic (exact) mass is 395 g/mol. The minimum Gasteiger partial charge on any atom is -0.385 e. The second-order valence-corrected chi connectivity index (χ2v) is 6.27. The van der Waals surface area contributed by atoms with Crippen molar-refractivity contribution in [2.75, 3.05) is 13.2 Å². The Hall–Kier alpha value is -0.370. The lowest BCUT2D eigenvalue weighted by atomic mass is 9.96. The first-order chi connectivity index (χ1) is 8.92. The van der Waals surface area contributed by atoms with Crippen LogP contribution in [-0.4, -0.2) is 35.9 Å². The van der Waals surface area contributed by atoms with E-state index in [1.54, 1.807) is 18.2 Å². The zero-order chi connectivity index (χ0) is 14.0. The second kappa shape index (κ2) is 5.95. The van der Waals surface area contributed by atoms with Crippen LogP contribution in [0.1, 0.15) is 23.7 Å². The average Bonchev–Trinajstić information content (AvgIpc) is 2.70. The zero-order valence-electron chi connectivity index (χ0n) is 10.5. The highest BCUT2D eigenvalue weighted by atomic mass is 127. The van der Waals surface area contributed by atoms with Crippen LogP contribution in [-0.2, 0) is 4.74 Å². The number of nitrogens with one attached hydrogen (secondary N) is 1. The van der Waals surface area contributed by atoms with Gasteiger partial charge in [0.1, 0.15) is 5.60 Å². The number of carbonyl (C=O) groups is 1. The molecule has 2 rings (SSSR count). The Morgan fingerprint density at radius 3 is 3.05 bits per heavy atom. The average molecular weight is 396 g/mol. The van der Waals surface area contributed by atoms with Crippen LogP contribution >= 0.6 is 34.2 Å². The molecule has 0 aromatic heterocycles. The molecule has 6 heteroatoms. The topological polar surface area (TPSA) is 58.6 Å². The van der Waals surface area contributed by atoms with Gasteiger partial charge in [-0.25, -0.2) is 0 Å². The number of halogens is 2. The normalized spacial score (nSPS) is 26.4.